The van der Waals surface area contributed by atoms with Gasteiger partial charge in [-0.15, -0.1) is 11.3 Å². The fourth-order valence-corrected chi connectivity index (χ4v) is 4.10. The van der Waals surface area contributed by atoms with Crippen LogP contribution in [0.5, 0.6) is 5.75 Å². The van der Waals surface area contributed by atoms with Gasteiger partial charge in [-0.2, -0.15) is 0 Å². The van der Waals surface area contributed by atoms with E-state index in [1.54, 1.807) is 18.3 Å². The lowest BCUT2D eigenvalue weighted by atomic mass is 10.1. The molecule has 2 aromatic rings. The molecule has 7 heteroatoms. The van der Waals surface area contributed by atoms with Gasteiger partial charge in [0.15, 0.2) is 0 Å². The van der Waals surface area contributed by atoms with Crippen LogP contribution < -0.4 is 10.1 Å². The summed E-state index contributed by atoms with van der Waals surface area (Å²) in [5, 5.41) is 5.75. The minimum absolute atomic E-state index is 0.118. The zero-order valence-corrected chi connectivity index (χ0v) is 16.8. The van der Waals surface area contributed by atoms with Crippen molar-refractivity contribution < 1.29 is 14.3 Å². The fourth-order valence-electron chi connectivity index (χ4n) is 3.45. The second-order valence-corrected chi connectivity index (χ2v) is 8.43. The van der Waals surface area contributed by atoms with Crippen molar-refractivity contribution in [3.8, 4) is 5.75 Å². The molecule has 4 rings (SSSR count). The van der Waals surface area contributed by atoms with Crippen molar-refractivity contribution in [2.75, 3.05) is 13.1 Å². The number of benzene rings is 1. The zero-order valence-electron chi connectivity index (χ0n) is 16.0. The Labute approximate surface area is 168 Å². The summed E-state index contributed by atoms with van der Waals surface area (Å²) in [4.78, 5) is 30.7. The Balaban J connectivity index is 1.26. The van der Waals surface area contributed by atoms with E-state index in [0.717, 1.165) is 49.5 Å². The number of aromatic nitrogens is 1. The number of hydrogen-bond acceptors (Lipinski definition) is 5. The number of nitrogens with one attached hydrogen (secondary N) is 1. The molecule has 6 nitrogen and oxygen atoms in total. The Kier molecular flexibility index (Phi) is 5.62. The topological polar surface area (TPSA) is 71.5 Å². The van der Waals surface area contributed by atoms with Crippen LogP contribution in [0.4, 0.5) is 0 Å². The molecule has 0 spiro atoms. The first-order valence-corrected chi connectivity index (χ1v) is 10.7. The van der Waals surface area contributed by atoms with Gasteiger partial charge in [0.2, 0.25) is 5.91 Å². The van der Waals surface area contributed by atoms with Crippen LogP contribution in [0, 0.1) is 5.92 Å². The number of hydrogen-bond donors (Lipinski definition) is 1. The zero-order chi connectivity index (χ0) is 19.5. The maximum absolute atomic E-state index is 12.4. The Morgan fingerprint density at radius 3 is 2.50 bits per heavy atom. The first-order valence-electron chi connectivity index (χ1n) is 9.86. The van der Waals surface area contributed by atoms with Crippen LogP contribution in [-0.4, -0.2) is 40.9 Å². The maximum atomic E-state index is 12.4. The summed E-state index contributed by atoms with van der Waals surface area (Å²) in [6, 6.07) is 7.12. The highest BCUT2D eigenvalue weighted by molar-refractivity contribution is 7.09. The smallest absolute Gasteiger partial charge is 0.251 e. The Hall–Kier alpha value is -2.41. The van der Waals surface area contributed by atoms with E-state index in [4.69, 9.17) is 4.74 Å². The maximum Gasteiger partial charge on any atom is 0.251 e. The van der Waals surface area contributed by atoms with Crippen LogP contribution in [0.25, 0.3) is 0 Å². The van der Waals surface area contributed by atoms with Gasteiger partial charge in [0.25, 0.3) is 5.91 Å². The molecule has 28 heavy (non-hydrogen) atoms. The summed E-state index contributed by atoms with van der Waals surface area (Å²) in [5.41, 5.74) is 0.598. The van der Waals surface area contributed by atoms with E-state index in [1.165, 1.54) is 11.3 Å². The molecule has 2 heterocycles. The Morgan fingerprint density at radius 2 is 1.89 bits per heavy atom. The molecule has 1 aliphatic carbocycles. The normalized spacial score (nSPS) is 18.5. The molecule has 0 radical (unpaired) electrons. The van der Waals surface area contributed by atoms with E-state index in [9.17, 15) is 9.59 Å². The van der Waals surface area contributed by atoms with Crippen molar-refractivity contribution in [2.24, 2.45) is 5.92 Å². The van der Waals surface area contributed by atoms with Crippen LogP contribution in [0.3, 0.4) is 0 Å². The predicted octanol–water partition coefficient (Wildman–Crippen LogP) is 3.41. The third-order valence-electron chi connectivity index (χ3n) is 5.27. The molecule has 2 aliphatic rings. The van der Waals surface area contributed by atoms with Gasteiger partial charge >= 0.3 is 0 Å². The van der Waals surface area contributed by atoms with Crippen molar-refractivity contribution in [3.05, 3.63) is 46.4 Å². The van der Waals surface area contributed by atoms with Crippen molar-refractivity contribution in [2.45, 2.75) is 44.8 Å². The van der Waals surface area contributed by atoms with Gasteiger partial charge in [-0.05, 0) is 44.0 Å². The first kappa shape index (κ1) is 18.9. The van der Waals surface area contributed by atoms with E-state index in [-0.39, 0.29) is 24.0 Å². The van der Waals surface area contributed by atoms with E-state index in [1.807, 2.05) is 29.3 Å². The molecule has 0 bridgehead atoms. The van der Waals surface area contributed by atoms with Gasteiger partial charge in [-0.25, -0.2) is 4.98 Å². The molecule has 1 unspecified atom stereocenters. The summed E-state index contributed by atoms with van der Waals surface area (Å²) in [7, 11) is 0. The van der Waals surface area contributed by atoms with Crippen LogP contribution in [0.15, 0.2) is 35.8 Å². The number of thiazole rings is 1. The lowest BCUT2D eigenvalue weighted by Crippen LogP contribution is -2.42. The second-order valence-electron chi connectivity index (χ2n) is 7.51. The van der Waals surface area contributed by atoms with Gasteiger partial charge in [0.1, 0.15) is 16.9 Å². The predicted molar refractivity (Wildman–Crippen MR) is 107 cm³/mol. The summed E-state index contributed by atoms with van der Waals surface area (Å²) in [5.74, 6) is 1.24. The highest BCUT2D eigenvalue weighted by Crippen LogP contribution is 2.32. The highest BCUT2D eigenvalue weighted by atomic mass is 32.1. The summed E-state index contributed by atoms with van der Waals surface area (Å²) in [6.45, 7) is 3.47. The molecule has 1 aromatic heterocycles. The Morgan fingerprint density at radius 1 is 1.18 bits per heavy atom. The average Bonchev–Trinajstić information content (AvgIpc) is 3.42. The number of carbonyl (C=O) groups excluding carboxylic acids is 2. The van der Waals surface area contributed by atoms with Crippen LogP contribution in [-0.2, 0) is 4.79 Å². The van der Waals surface area contributed by atoms with Crippen LogP contribution in [0.2, 0.25) is 0 Å². The Bertz CT molecular complexity index is 810. The summed E-state index contributed by atoms with van der Waals surface area (Å²) in [6.07, 6.45) is 5.67. The van der Waals surface area contributed by atoms with Gasteiger partial charge in [0, 0.05) is 49.0 Å². The van der Waals surface area contributed by atoms with Crippen LogP contribution >= 0.6 is 11.3 Å². The molecule has 1 saturated heterocycles. The molecule has 1 aromatic carbocycles. The number of nitrogens with zero attached hydrogens (tertiary/aromatic N) is 2. The van der Waals surface area contributed by atoms with Gasteiger partial charge < -0.3 is 15.0 Å². The monoisotopic (exact) mass is 399 g/mol. The summed E-state index contributed by atoms with van der Waals surface area (Å²) >= 11 is 1.53. The molecule has 1 atom stereocenters. The van der Waals surface area contributed by atoms with Gasteiger partial charge in [-0.1, -0.05) is 0 Å². The molecule has 1 saturated carbocycles. The first-order chi connectivity index (χ1) is 13.6. The largest absolute Gasteiger partial charge is 0.490 e. The lowest BCUT2D eigenvalue weighted by molar-refractivity contribution is -0.134. The third-order valence-corrected chi connectivity index (χ3v) is 6.23. The standard InChI is InChI=1S/C21H25N3O3S/c1-14(20-22-10-13-28-20)23-19(25)15-4-6-17(7-5-15)27-18-8-11-24(12-9-18)21(26)16-2-3-16/h4-7,10,13-14,16,18H,2-3,8-9,11-12H2,1H3,(H,23,25). The minimum atomic E-state index is -0.124. The molecule has 148 valence electrons. The van der Waals surface area contributed by atoms with Crippen molar-refractivity contribution in [3.63, 3.8) is 0 Å². The lowest BCUT2D eigenvalue weighted by Gasteiger charge is -2.32. The fraction of sp³-hybridized carbons (Fsp3) is 0.476. The van der Waals surface area contributed by atoms with Gasteiger partial charge in [-0.3, -0.25) is 9.59 Å². The van der Waals surface area contributed by atoms with E-state index < -0.39 is 0 Å². The highest BCUT2D eigenvalue weighted by Gasteiger charge is 2.35. The number of carbonyl (C=O) groups is 2. The van der Waals surface area contributed by atoms with E-state index in [0.29, 0.717) is 11.5 Å². The van der Waals surface area contributed by atoms with E-state index in [2.05, 4.69) is 10.3 Å². The molecule has 1 aliphatic heterocycles. The summed E-state index contributed by atoms with van der Waals surface area (Å²) < 4.78 is 6.06. The van der Waals surface area contributed by atoms with Crippen LogP contribution in [0.1, 0.15) is 54.0 Å². The quantitative estimate of drug-likeness (QED) is 0.808. The minimum Gasteiger partial charge on any atom is -0.490 e. The SMILES string of the molecule is CC(NC(=O)c1ccc(OC2CCN(C(=O)C3CC3)CC2)cc1)c1nccs1. The number of ether oxygens (including phenoxy) is 1. The molecule has 2 fully saturated rings. The molecular formula is C21H25N3O3S. The van der Waals surface area contributed by atoms with Crippen molar-refractivity contribution in [1.82, 2.24) is 15.2 Å². The number of likely N-dealkylation sites (tertiary alicyclic amines) is 1. The average molecular weight is 400 g/mol. The number of rotatable bonds is 6. The van der Waals surface area contributed by atoms with Crippen molar-refractivity contribution in [1.29, 1.82) is 0 Å². The second kappa shape index (κ2) is 8.31. The third kappa shape index (κ3) is 4.52. The van der Waals surface area contributed by atoms with E-state index >= 15 is 0 Å². The molecule has 2 amide bonds. The number of piperidine rings is 1. The number of amides is 2. The van der Waals surface area contributed by atoms with Crippen molar-refractivity contribution >= 4 is 23.2 Å². The molecule has 1 N–H and O–H groups in total. The molecular weight excluding hydrogens is 374 g/mol. The van der Waals surface area contributed by atoms with Gasteiger partial charge in [0.05, 0.1) is 6.04 Å².